The van der Waals surface area contributed by atoms with Gasteiger partial charge in [-0.1, -0.05) is 6.07 Å². The Morgan fingerprint density at radius 3 is 2.74 bits per heavy atom. The van der Waals surface area contributed by atoms with Crippen LogP contribution in [0.2, 0.25) is 0 Å². The van der Waals surface area contributed by atoms with Gasteiger partial charge in [0.1, 0.15) is 5.75 Å². The number of phenols is 1. The number of urea groups is 1. The number of nitrogens with zero attached hydrogens (tertiary/aromatic N) is 4. The number of aromatic nitrogens is 4. The molecule has 0 saturated carbocycles. The van der Waals surface area contributed by atoms with Gasteiger partial charge in [-0.25, -0.2) is 19.4 Å². The first-order chi connectivity index (χ1) is 14.8. The van der Waals surface area contributed by atoms with Gasteiger partial charge in [0.05, 0.1) is 18.3 Å². The number of aryl methyl sites for hydroxylation is 1. The number of alkyl halides is 3. The number of aromatic hydroxyl groups is 1. The van der Waals surface area contributed by atoms with Gasteiger partial charge in [-0.05, 0) is 54.7 Å². The summed E-state index contributed by atoms with van der Waals surface area (Å²) in [4.78, 5) is 20.3. The van der Waals surface area contributed by atoms with Crippen LogP contribution in [0.1, 0.15) is 41.4 Å². The molecule has 1 aromatic carbocycles. The molecule has 2 amide bonds. The lowest BCUT2D eigenvalue weighted by molar-refractivity contribution is -0.141. The third-order valence-electron chi connectivity index (χ3n) is 4.99. The van der Waals surface area contributed by atoms with Crippen LogP contribution in [0.15, 0.2) is 42.7 Å². The second-order valence-electron chi connectivity index (χ2n) is 7.13. The molecule has 31 heavy (non-hydrogen) atoms. The van der Waals surface area contributed by atoms with E-state index >= 15 is 0 Å². The number of rotatable bonds is 4. The molecule has 1 aliphatic carbocycles. The number of nitrogens with one attached hydrogen (secondary N) is 2. The summed E-state index contributed by atoms with van der Waals surface area (Å²) >= 11 is 0. The van der Waals surface area contributed by atoms with Gasteiger partial charge in [0.15, 0.2) is 5.69 Å². The molecule has 1 unspecified atom stereocenters. The molecule has 11 heteroatoms. The van der Waals surface area contributed by atoms with Crippen molar-refractivity contribution in [1.29, 1.82) is 0 Å². The highest BCUT2D eigenvalue weighted by Crippen LogP contribution is 2.32. The number of carbonyl (C=O) groups excluding carboxylic acids is 1. The maximum Gasteiger partial charge on any atom is 0.435 e. The first kappa shape index (κ1) is 20.6. The predicted molar refractivity (Wildman–Crippen MR) is 103 cm³/mol. The van der Waals surface area contributed by atoms with E-state index in [1.165, 1.54) is 18.5 Å². The highest BCUT2D eigenvalue weighted by Gasteiger charge is 2.35. The van der Waals surface area contributed by atoms with Crippen molar-refractivity contribution >= 4 is 6.03 Å². The van der Waals surface area contributed by atoms with Gasteiger partial charge < -0.3 is 15.7 Å². The Kier molecular flexibility index (Phi) is 5.49. The van der Waals surface area contributed by atoms with E-state index in [2.05, 4.69) is 25.7 Å². The number of benzene rings is 1. The van der Waals surface area contributed by atoms with E-state index < -0.39 is 17.9 Å². The van der Waals surface area contributed by atoms with Gasteiger partial charge in [-0.3, -0.25) is 0 Å². The summed E-state index contributed by atoms with van der Waals surface area (Å²) in [7, 11) is 0. The van der Waals surface area contributed by atoms with Gasteiger partial charge in [0, 0.05) is 12.4 Å². The van der Waals surface area contributed by atoms with Gasteiger partial charge in [-0.2, -0.15) is 18.3 Å². The molecular formula is C20H19F3N6O2. The van der Waals surface area contributed by atoms with Crippen LogP contribution in [0.25, 0.3) is 5.95 Å². The fourth-order valence-electron chi connectivity index (χ4n) is 3.57. The topological polar surface area (TPSA) is 105 Å². The van der Waals surface area contributed by atoms with Crippen LogP contribution in [0.5, 0.6) is 5.75 Å². The molecule has 2 aromatic heterocycles. The Bertz CT molecular complexity index is 1080. The minimum Gasteiger partial charge on any atom is -0.508 e. The maximum atomic E-state index is 13.1. The summed E-state index contributed by atoms with van der Waals surface area (Å²) in [5, 5.41) is 18.7. The zero-order valence-electron chi connectivity index (χ0n) is 16.2. The van der Waals surface area contributed by atoms with Crippen molar-refractivity contribution in [3.8, 4) is 11.7 Å². The SMILES string of the molecule is O=C(NCc1cc(C(F)(F)F)nn1-c1ncccn1)NC1CCCc2ccc(O)cc21. The summed E-state index contributed by atoms with van der Waals surface area (Å²) in [5.41, 5.74) is 0.858. The molecule has 0 spiro atoms. The third kappa shape index (κ3) is 4.60. The molecule has 0 radical (unpaired) electrons. The Labute approximate surface area is 175 Å². The second-order valence-corrected chi connectivity index (χ2v) is 7.13. The van der Waals surface area contributed by atoms with Crippen molar-refractivity contribution in [2.45, 2.75) is 38.0 Å². The summed E-state index contributed by atoms with van der Waals surface area (Å²) in [6.07, 6.45) is 0.540. The fraction of sp³-hybridized carbons (Fsp3) is 0.300. The number of hydrogen-bond acceptors (Lipinski definition) is 5. The smallest absolute Gasteiger partial charge is 0.435 e. The lowest BCUT2D eigenvalue weighted by atomic mass is 9.87. The number of hydrogen-bond donors (Lipinski definition) is 3. The predicted octanol–water partition coefficient (Wildman–Crippen LogP) is 3.26. The van der Waals surface area contributed by atoms with Crippen LogP contribution in [-0.2, 0) is 19.1 Å². The maximum absolute atomic E-state index is 13.1. The van der Waals surface area contributed by atoms with E-state index in [-0.39, 0.29) is 30.0 Å². The zero-order valence-corrected chi connectivity index (χ0v) is 16.2. The average molecular weight is 432 g/mol. The second kappa shape index (κ2) is 8.25. The Hall–Kier alpha value is -3.63. The van der Waals surface area contributed by atoms with Crippen molar-refractivity contribution in [3.05, 3.63) is 65.2 Å². The van der Waals surface area contributed by atoms with Crippen molar-refractivity contribution < 1.29 is 23.1 Å². The van der Waals surface area contributed by atoms with E-state index in [1.54, 1.807) is 12.1 Å². The van der Waals surface area contributed by atoms with Crippen LogP contribution < -0.4 is 10.6 Å². The number of amides is 2. The molecule has 1 atom stereocenters. The number of carbonyl (C=O) groups is 1. The number of fused-ring (bicyclic) bond motifs is 1. The largest absolute Gasteiger partial charge is 0.508 e. The summed E-state index contributed by atoms with van der Waals surface area (Å²) in [6, 6.07) is 6.59. The minimum absolute atomic E-state index is 0.0353. The number of halogens is 3. The molecular weight excluding hydrogens is 413 g/mol. The average Bonchev–Trinajstić information content (AvgIpc) is 3.18. The Morgan fingerprint density at radius 1 is 1.23 bits per heavy atom. The van der Waals surface area contributed by atoms with Gasteiger partial charge in [0.2, 0.25) is 0 Å². The normalized spacial score (nSPS) is 15.9. The lowest BCUT2D eigenvalue weighted by Gasteiger charge is -2.26. The van der Waals surface area contributed by atoms with Crippen molar-refractivity contribution in [1.82, 2.24) is 30.4 Å². The molecule has 3 N–H and O–H groups in total. The molecule has 2 heterocycles. The highest BCUT2D eigenvalue weighted by atomic mass is 19.4. The van der Waals surface area contributed by atoms with Crippen LogP contribution in [-0.4, -0.2) is 30.9 Å². The molecule has 0 saturated heterocycles. The van der Waals surface area contributed by atoms with E-state index in [4.69, 9.17) is 0 Å². The summed E-state index contributed by atoms with van der Waals surface area (Å²) < 4.78 is 40.4. The molecule has 4 rings (SSSR count). The lowest BCUT2D eigenvalue weighted by Crippen LogP contribution is -2.39. The molecule has 1 aliphatic rings. The monoisotopic (exact) mass is 432 g/mol. The van der Waals surface area contributed by atoms with Gasteiger partial charge in [-0.15, -0.1) is 0 Å². The van der Waals surface area contributed by atoms with Crippen LogP contribution in [0, 0.1) is 0 Å². The standard InChI is InChI=1S/C20H19F3N6O2/c21-20(22,23)17-9-13(29(28-17)18-24-7-2-8-25-18)11-26-19(31)27-16-4-1-3-12-5-6-14(30)10-15(12)16/h2,5-10,16,30H,1,3-4,11H2,(H2,26,27,31). The molecule has 0 fully saturated rings. The quantitative estimate of drug-likeness (QED) is 0.587. The highest BCUT2D eigenvalue weighted by molar-refractivity contribution is 5.74. The molecule has 0 aliphatic heterocycles. The van der Waals surface area contributed by atoms with Crippen LogP contribution >= 0.6 is 0 Å². The number of phenolic OH excluding ortho intramolecular Hbond substituents is 1. The Balaban J connectivity index is 1.49. The van der Waals surface area contributed by atoms with Crippen molar-refractivity contribution in [3.63, 3.8) is 0 Å². The molecule has 8 nitrogen and oxygen atoms in total. The first-order valence-electron chi connectivity index (χ1n) is 9.61. The van der Waals surface area contributed by atoms with Crippen molar-refractivity contribution in [2.24, 2.45) is 0 Å². The molecule has 162 valence electrons. The van der Waals surface area contributed by atoms with Crippen LogP contribution in [0.3, 0.4) is 0 Å². The zero-order chi connectivity index (χ0) is 22.0. The van der Waals surface area contributed by atoms with Crippen LogP contribution in [0.4, 0.5) is 18.0 Å². The molecule has 3 aromatic rings. The Morgan fingerprint density at radius 2 is 2.00 bits per heavy atom. The summed E-state index contributed by atoms with van der Waals surface area (Å²) in [5.74, 6) is 0.0752. The van der Waals surface area contributed by atoms with E-state index in [0.29, 0.717) is 6.42 Å². The summed E-state index contributed by atoms with van der Waals surface area (Å²) in [6.45, 7) is -0.215. The fourth-order valence-corrected chi connectivity index (χ4v) is 3.57. The van der Waals surface area contributed by atoms with E-state index in [9.17, 15) is 23.1 Å². The van der Waals surface area contributed by atoms with E-state index in [1.807, 2.05) is 6.07 Å². The third-order valence-corrected chi connectivity index (χ3v) is 4.99. The van der Waals surface area contributed by atoms with Gasteiger partial charge in [0.25, 0.3) is 5.95 Å². The minimum atomic E-state index is -4.65. The first-order valence-corrected chi connectivity index (χ1v) is 9.61. The van der Waals surface area contributed by atoms with Crippen molar-refractivity contribution in [2.75, 3.05) is 0 Å². The van der Waals surface area contributed by atoms with E-state index in [0.717, 1.165) is 34.7 Å². The molecule has 0 bridgehead atoms. The van der Waals surface area contributed by atoms with Gasteiger partial charge >= 0.3 is 12.2 Å².